The summed E-state index contributed by atoms with van der Waals surface area (Å²) in [6.45, 7) is 1.81. The molecule has 17 heteroatoms. The van der Waals surface area contributed by atoms with Gasteiger partial charge in [-0.3, -0.25) is 19.3 Å². The molecule has 4 N–H and O–H groups in total. The zero-order valence-corrected chi connectivity index (χ0v) is 24.0. The first-order chi connectivity index (χ1) is 20.2. The molecular formula is C25H21N7O7S3. The van der Waals surface area contributed by atoms with Gasteiger partial charge in [-0.1, -0.05) is 53.4 Å². The van der Waals surface area contributed by atoms with E-state index in [2.05, 4.69) is 30.8 Å². The largest absolute Gasteiger partial charge is 0.477 e. The summed E-state index contributed by atoms with van der Waals surface area (Å²) < 4.78 is 0.683. The Morgan fingerprint density at radius 3 is 2.43 bits per heavy atom. The quantitative estimate of drug-likeness (QED) is 0.185. The number of fused-ring (bicyclic) bond motifs is 1. The molecule has 5 rings (SSSR count). The van der Waals surface area contributed by atoms with E-state index < -0.39 is 58.5 Å². The second-order valence-electron chi connectivity index (χ2n) is 8.90. The van der Waals surface area contributed by atoms with Gasteiger partial charge in [-0.2, -0.15) is 0 Å². The number of carbonyl (C=O) groups is 5. The number of amides is 3. The van der Waals surface area contributed by atoms with Gasteiger partial charge in [-0.05, 0) is 18.1 Å². The van der Waals surface area contributed by atoms with Crippen molar-refractivity contribution in [2.75, 3.05) is 11.5 Å². The molecule has 0 aliphatic carbocycles. The van der Waals surface area contributed by atoms with Gasteiger partial charge in [-0.15, -0.1) is 22.0 Å². The maximum Gasteiger partial charge on any atom is 0.356 e. The summed E-state index contributed by atoms with van der Waals surface area (Å²) in [5, 5.41) is 32.5. The van der Waals surface area contributed by atoms with Gasteiger partial charge in [0, 0.05) is 23.9 Å². The van der Waals surface area contributed by atoms with Crippen LogP contribution < -0.4 is 10.6 Å². The number of benzene rings is 1. The number of hydrogen-bond acceptors (Lipinski definition) is 12. The Morgan fingerprint density at radius 1 is 1.07 bits per heavy atom. The first-order valence-electron chi connectivity index (χ1n) is 12.2. The molecule has 2 aliphatic heterocycles. The number of carboxylic acids is 2. The smallest absolute Gasteiger partial charge is 0.356 e. The normalized spacial score (nSPS) is 18.5. The van der Waals surface area contributed by atoms with Crippen molar-refractivity contribution in [1.82, 2.24) is 35.7 Å². The zero-order chi connectivity index (χ0) is 30.0. The summed E-state index contributed by atoms with van der Waals surface area (Å²) in [4.78, 5) is 72.1. The monoisotopic (exact) mass is 627 g/mol. The summed E-state index contributed by atoms with van der Waals surface area (Å²) in [5.41, 5.74) is -0.292. The fraction of sp³-hybridized carbons (Fsp3) is 0.240. The number of aromatic nitrogens is 4. The van der Waals surface area contributed by atoms with Crippen molar-refractivity contribution < 1.29 is 34.2 Å². The first-order valence-corrected chi connectivity index (χ1v) is 15.0. The highest BCUT2D eigenvalue weighted by Gasteiger charge is 2.54. The van der Waals surface area contributed by atoms with Gasteiger partial charge in [0.1, 0.15) is 28.2 Å². The highest BCUT2D eigenvalue weighted by atomic mass is 32.2. The molecule has 1 fully saturated rings. The molecule has 0 spiro atoms. The lowest BCUT2D eigenvalue weighted by Gasteiger charge is -2.49. The fourth-order valence-electron chi connectivity index (χ4n) is 4.32. The minimum Gasteiger partial charge on any atom is -0.477 e. The molecule has 4 heterocycles. The Kier molecular flexibility index (Phi) is 8.51. The molecule has 2 aliphatic rings. The van der Waals surface area contributed by atoms with Gasteiger partial charge in [0.15, 0.2) is 15.7 Å². The average molecular weight is 628 g/mol. The fourth-order valence-corrected chi connectivity index (χ4v) is 7.62. The molecule has 1 aromatic carbocycles. The van der Waals surface area contributed by atoms with Crippen molar-refractivity contribution in [2.45, 2.75) is 28.7 Å². The van der Waals surface area contributed by atoms with Crippen LogP contribution in [0.15, 0.2) is 58.3 Å². The maximum atomic E-state index is 13.5. The number of thioether (sulfide) groups is 2. The minimum atomic E-state index is -1.47. The second-order valence-corrected chi connectivity index (χ2v) is 12.4. The summed E-state index contributed by atoms with van der Waals surface area (Å²) in [6, 6.07) is 5.79. The van der Waals surface area contributed by atoms with Gasteiger partial charge < -0.3 is 20.8 Å². The lowest BCUT2D eigenvalue weighted by molar-refractivity contribution is -0.151. The predicted molar refractivity (Wildman–Crippen MR) is 151 cm³/mol. The molecule has 3 amide bonds. The van der Waals surface area contributed by atoms with Crippen molar-refractivity contribution in [1.29, 1.82) is 0 Å². The lowest BCUT2D eigenvalue weighted by Crippen LogP contribution is -2.71. The topological polar surface area (TPSA) is 205 Å². The lowest BCUT2D eigenvalue weighted by atomic mass is 10.0. The molecule has 3 aromatic rings. The van der Waals surface area contributed by atoms with Gasteiger partial charge in [0.2, 0.25) is 5.91 Å². The highest BCUT2D eigenvalue weighted by molar-refractivity contribution is 8.01. The van der Waals surface area contributed by atoms with Crippen LogP contribution in [-0.4, -0.2) is 87.9 Å². The van der Waals surface area contributed by atoms with Gasteiger partial charge in [0.05, 0.1) is 0 Å². The number of aryl methyl sites for hydroxylation is 1. The number of nitrogens with zero attached hydrogens (tertiary/aromatic N) is 5. The third-order valence-electron chi connectivity index (χ3n) is 6.21. The number of rotatable bonds is 10. The van der Waals surface area contributed by atoms with Crippen LogP contribution in [-0.2, 0) is 14.4 Å². The second kappa shape index (κ2) is 12.3. The van der Waals surface area contributed by atoms with E-state index in [9.17, 15) is 34.2 Å². The van der Waals surface area contributed by atoms with Crippen LogP contribution in [0.4, 0.5) is 0 Å². The Balaban J connectivity index is 1.33. The van der Waals surface area contributed by atoms with Crippen LogP contribution in [0.25, 0.3) is 0 Å². The molecule has 3 atom stereocenters. The molecule has 1 saturated heterocycles. The SMILES string of the molecule is Cc1nnc(SCC2=C(C(=O)O)N3C(=O)C(NC(=O)C(NC(=O)c4nccnc4C(=O)O)c4ccccc4)[C@H]3SC2)s1. The summed E-state index contributed by atoms with van der Waals surface area (Å²) in [7, 11) is 0. The molecular weight excluding hydrogens is 607 g/mol. The number of aromatic carboxylic acids is 1. The molecule has 0 bridgehead atoms. The Hall–Kier alpha value is -4.35. The predicted octanol–water partition coefficient (Wildman–Crippen LogP) is 1.34. The van der Waals surface area contributed by atoms with Crippen LogP contribution in [0, 0.1) is 6.92 Å². The average Bonchev–Trinajstić information content (AvgIpc) is 3.41. The van der Waals surface area contributed by atoms with Crippen LogP contribution >= 0.6 is 34.9 Å². The first kappa shape index (κ1) is 29.2. The van der Waals surface area contributed by atoms with Crippen molar-refractivity contribution in [2.24, 2.45) is 0 Å². The minimum absolute atomic E-state index is 0.125. The number of carbonyl (C=O) groups excluding carboxylic acids is 3. The van der Waals surface area contributed by atoms with Crippen molar-refractivity contribution in [3.05, 3.63) is 76.0 Å². The van der Waals surface area contributed by atoms with Crippen molar-refractivity contribution in [3.8, 4) is 0 Å². The summed E-state index contributed by atoms with van der Waals surface area (Å²) in [6.07, 6.45) is 2.27. The number of nitrogens with one attached hydrogen (secondary N) is 2. The van der Waals surface area contributed by atoms with E-state index in [0.717, 1.165) is 22.3 Å². The standard InChI is InChI=1S/C25H21N7O7S3/c1-11-30-31-25(42-11)41-10-13-9-40-22-17(21(35)32(22)18(13)24(38)39)29-19(33)14(12-5-3-2-4-6-12)28-20(34)15-16(23(36)37)27-8-7-26-15/h2-8,14,17,22H,9-10H2,1H3,(H,28,34)(H,29,33)(H,36,37)(H,38,39)/t14?,17?,22-/m1/s1. The molecule has 0 radical (unpaired) electrons. The molecule has 2 aromatic heterocycles. The third kappa shape index (κ3) is 5.83. The number of hydrogen-bond donors (Lipinski definition) is 4. The highest BCUT2D eigenvalue weighted by Crippen LogP contribution is 2.42. The van der Waals surface area contributed by atoms with E-state index in [1.54, 1.807) is 30.3 Å². The van der Waals surface area contributed by atoms with Gasteiger partial charge in [-0.25, -0.2) is 19.6 Å². The van der Waals surface area contributed by atoms with Crippen LogP contribution in [0.3, 0.4) is 0 Å². The van der Waals surface area contributed by atoms with E-state index in [0.29, 0.717) is 27.0 Å². The molecule has 2 unspecified atom stereocenters. The summed E-state index contributed by atoms with van der Waals surface area (Å²) in [5.74, 6) is -4.41. The van der Waals surface area contributed by atoms with Crippen molar-refractivity contribution >= 4 is 64.5 Å². The number of aliphatic carboxylic acids is 1. The van der Waals surface area contributed by atoms with Gasteiger partial charge >= 0.3 is 11.9 Å². The van der Waals surface area contributed by atoms with E-state index in [1.807, 2.05) is 6.92 Å². The van der Waals surface area contributed by atoms with Crippen LogP contribution in [0.1, 0.15) is 37.6 Å². The zero-order valence-electron chi connectivity index (χ0n) is 21.6. The summed E-state index contributed by atoms with van der Waals surface area (Å²) >= 11 is 4.03. The van der Waals surface area contributed by atoms with Crippen LogP contribution in [0.5, 0.6) is 0 Å². The van der Waals surface area contributed by atoms with E-state index >= 15 is 0 Å². The Bertz CT molecular complexity index is 1610. The van der Waals surface area contributed by atoms with E-state index in [4.69, 9.17) is 0 Å². The Labute approximate surface area is 250 Å². The number of β-lactam (4-membered cyclic amide) rings is 1. The molecule has 42 heavy (non-hydrogen) atoms. The van der Waals surface area contributed by atoms with Crippen molar-refractivity contribution in [3.63, 3.8) is 0 Å². The number of carboxylic acid groups (broad SMARTS) is 2. The van der Waals surface area contributed by atoms with E-state index in [1.165, 1.54) is 34.9 Å². The third-order valence-corrected chi connectivity index (χ3v) is 9.61. The molecule has 0 saturated carbocycles. The maximum absolute atomic E-state index is 13.5. The van der Waals surface area contributed by atoms with E-state index in [-0.39, 0.29) is 5.70 Å². The molecule has 216 valence electrons. The van der Waals surface area contributed by atoms with Gasteiger partial charge in [0.25, 0.3) is 11.8 Å². The Morgan fingerprint density at radius 2 is 1.79 bits per heavy atom. The van der Waals surface area contributed by atoms with Crippen LogP contribution in [0.2, 0.25) is 0 Å². The molecule has 14 nitrogen and oxygen atoms in total.